The van der Waals surface area contributed by atoms with Gasteiger partial charge in [0, 0.05) is 48.2 Å². The molecule has 0 aliphatic heterocycles. The smallest absolute Gasteiger partial charge is 0.160 e. The molecule has 4 heterocycles. The van der Waals surface area contributed by atoms with E-state index < -0.39 is 0 Å². The lowest BCUT2D eigenvalue weighted by Crippen LogP contribution is -2.25. The minimum absolute atomic E-state index is 0.0858. The van der Waals surface area contributed by atoms with E-state index in [1.54, 1.807) is 17.2 Å². The Bertz CT molecular complexity index is 2580. The predicted octanol–water partition coefficient (Wildman–Crippen LogP) is 8.47. The van der Waals surface area contributed by atoms with Crippen LogP contribution in [-0.4, -0.2) is 60.9 Å². The van der Waals surface area contributed by atoms with Crippen molar-refractivity contribution >= 4 is 68.1 Å². The van der Waals surface area contributed by atoms with Gasteiger partial charge < -0.3 is 25.0 Å². The molecule has 56 heavy (non-hydrogen) atoms. The van der Waals surface area contributed by atoms with E-state index >= 15 is 0 Å². The molecule has 282 valence electrons. The first kappa shape index (κ1) is 36.9. The minimum Gasteiger partial charge on any atom is -0.492 e. The van der Waals surface area contributed by atoms with Crippen LogP contribution in [0.2, 0.25) is 10.0 Å². The summed E-state index contributed by atoms with van der Waals surface area (Å²) in [5.41, 5.74) is 7.67. The van der Waals surface area contributed by atoms with Gasteiger partial charge in [0.05, 0.1) is 40.2 Å². The molecule has 0 saturated carbocycles. The number of nitrogens with one attached hydrogen (secondary N) is 4. The third-order valence-corrected chi connectivity index (χ3v) is 9.98. The standard InChI is InChI=1S/C42H38Cl2N10O2/c43-38-31(28-6-2-1-3-7-28)8-4-11-35(38)50-42-40-36(16-19-48-42)51-54(52-40)27-46-22-25-56-30-14-12-29(13-15-30)32-9-5-10-34(39(32)44)49-41-33-18-23-53(26-45-21-24-55)37(33)17-20-47-41/h1-20,23,45-46,55H,21-22,24-27H2,(H,47,49)(H,48,50). The van der Waals surface area contributed by atoms with Crippen molar-refractivity contribution in [1.29, 1.82) is 0 Å². The summed E-state index contributed by atoms with van der Waals surface area (Å²) in [7, 11) is 0. The molecule has 0 aliphatic rings. The summed E-state index contributed by atoms with van der Waals surface area (Å²) in [4.78, 5) is 10.7. The van der Waals surface area contributed by atoms with Crippen LogP contribution >= 0.6 is 23.2 Å². The maximum Gasteiger partial charge on any atom is 0.160 e. The number of aliphatic hydroxyl groups is 1. The molecule has 0 bridgehead atoms. The van der Waals surface area contributed by atoms with Crippen LogP contribution in [0.25, 0.3) is 44.2 Å². The van der Waals surface area contributed by atoms with E-state index in [1.807, 2.05) is 115 Å². The summed E-state index contributed by atoms with van der Waals surface area (Å²) >= 11 is 13.8. The Morgan fingerprint density at radius 1 is 0.643 bits per heavy atom. The summed E-state index contributed by atoms with van der Waals surface area (Å²) in [6.07, 6.45) is 5.46. The van der Waals surface area contributed by atoms with Crippen LogP contribution in [0.1, 0.15) is 0 Å². The van der Waals surface area contributed by atoms with Gasteiger partial charge in [-0.25, -0.2) is 9.97 Å². The number of nitrogens with zero attached hydrogens (tertiary/aromatic N) is 6. The first-order valence-corrected chi connectivity index (χ1v) is 18.9. The number of aromatic nitrogens is 6. The number of hydrogen-bond acceptors (Lipinski definition) is 10. The lowest BCUT2D eigenvalue weighted by molar-refractivity contribution is 0.287. The Kier molecular flexibility index (Phi) is 11.3. The number of rotatable bonds is 16. The summed E-state index contributed by atoms with van der Waals surface area (Å²) < 4.78 is 8.10. The largest absolute Gasteiger partial charge is 0.492 e. The van der Waals surface area contributed by atoms with E-state index in [0.29, 0.717) is 65.7 Å². The molecule has 14 heteroatoms. The van der Waals surface area contributed by atoms with Gasteiger partial charge in [-0.1, -0.05) is 89.9 Å². The van der Waals surface area contributed by atoms with Crippen molar-refractivity contribution in [1.82, 2.24) is 40.2 Å². The molecular formula is C42H38Cl2N10O2. The van der Waals surface area contributed by atoms with Gasteiger partial charge >= 0.3 is 0 Å². The van der Waals surface area contributed by atoms with E-state index in [4.69, 9.17) is 33.0 Å². The number of hydrogen-bond donors (Lipinski definition) is 5. The lowest BCUT2D eigenvalue weighted by Gasteiger charge is -2.13. The molecule has 0 amide bonds. The fourth-order valence-electron chi connectivity index (χ4n) is 6.41. The summed E-state index contributed by atoms with van der Waals surface area (Å²) in [5, 5.41) is 33.9. The van der Waals surface area contributed by atoms with Gasteiger partial charge in [0.1, 0.15) is 30.4 Å². The molecule has 5 N–H and O–H groups in total. The molecule has 0 atom stereocenters. The molecule has 0 unspecified atom stereocenters. The van der Waals surface area contributed by atoms with Gasteiger partial charge in [-0.05, 0) is 53.6 Å². The Labute approximate surface area is 333 Å². The van der Waals surface area contributed by atoms with E-state index in [9.17, 15) is 0 Å². The van der Waals surface area contributed by atoms with Crippen LogP contribution in [0.4, 0.5) is 23.0 Å². The lowest BCUT2D eigenvalue weighted by atomic mass is 10.0. The van der Waals surface area contributed by atoms with Crippen LogP contribution in [0, 0.1) is 0 Å². The topological polar surface area (TPSA) is 139 Å². The first-order valence-electron chi connectivity index (χ1n) is 18.1. The van der Waals surface area contributed by atoms with Crippen molar-refractivity contribution < 1.29 is 9.84 Å². The van der Waals surface area contributed by atoms with Crippen molar-refractivity contribution in [2.45, 2.75) is 13.3 Å². The fourth-order valence-corrected chi connectivity index (χ4v) is 6.98. The van der Waals surface area contributed by atoms with E-state index in [0.717, 1.165) is 50.3 Å². The first-order chi connectivity index (χ1) is 27.6. The van der Waals surface area contributed by atoms with Gasteiger partial charge in [-0.3, -0.25) is 10.6 Å². The number of benzene rings is 4. The molecule has 12 nitrogen and oxygen atoms in total. The normalized spacial score (nSPS) is 11.3. The molecule has 0 fully saturated rings. The number of aliphatic hydroxyl groups excluding tert-OH is 1. The van der Waals surface area contributed by atoms with Crippen LogP contribution in [0.15, 0.2) is 128 Å². The Morgan fingerprint density at radius 3 is 2.07 bits per heavy atom. The van der Waals surface area contributed by atoms with Crippen LogP contribution in [-0.2, 0) is 13.3 Å². The van der Waals surface area contributed by atoms with Crippen molar-refractivity contribution in [2.75, 3.05) is 36.9 Å². The molecule has 0 radical (unpaired) electrons. The monoisotopic (exact) mass is 784 g/mol. The highest BCUT2D eigenvalue weighted by molar-refractivity contribution is 6.36. The van der Waals surface area contributed by atoms with E-state index in [1.165, 1.54) is 0 Å². The SMILES string of the molecule is OCCNCn1ccc2c(Nc3cccc(-c4ccc(OCCNCn5nc6ccnc(Nc7cccc(-c8ccccc8)c7Cl)c6n5)cc4)c3Cl)nccc21. The highest BCUT2D eigenvalue weighted by Crippen LogP contribution is 2.38. The van der Waals surface area contributed by atoms with Gasteiger partial charge in [0.25, 0.3) is 0 Å². The minimum atomic E-state index is 0.0858. The molecule has 0 aliphatic carbocycles. The Hall–Kier alpha value is -6.02. The average molecular weight is 786 g/mol. The molecule has 0 saturated heterocycles. The zero-order valence-corrected chi connectivity index (χ0v) is 31.7. The van der Waals surface area contributed by atoms with Gasteiger partial charge in [0.15, 0.2) is 11.3 Å². The van der Waals surface area contributed by atoms with Gasteiger partial charge in [-0.15, -0.1) is 5.10 Å². The van der Waals surface area contributed by atoms with Crippen LogP contribution in [0.3, 0.4) is 0 Å². The second kappa shape index (κ2) is 17.2. The maximum absolute atomic E-state index is 9.11. The number of ether oxygens (including phenoxy) is 1. The zero-order chi connectivity index (χ0) is 38.3. The van der Waals surface area contributed by atoms with Crippen molar-refractivity contribution in [3.05, 3.63) is 138 Å². The number of fused-ring (bicyclic) bond motifs is 2. The summed E-state index contributed by atoms with van der Waals surface area (Å²) in [6, 6.07) is 35.5. The Balaban J connectivity index is 0.854. The van der Waals surface area contributed by atoms with Crippen molar-refractivity contribution in [3.63, 3.8) is 0 Å². The zero-order valence-electron chi connectivity index (χ0n) is 30.2. The van der Waals surface area contributed by atoms with Crippen molar-refractivity contribution in [2.24, 2.45) is 0 Å². The molecule has 8 rings (SSSR count). The number of pyridine rings is 2. The van der Waals surface area contributed by atoms with Gasteiger partial charge in [0.2, 0.25) is 0 Å². The molecule has 0 spiro atoms. The number of anilines is 4. The highest BCUT2D eigenvalue weighted by Gasteiger charge is 2.15. The van der Waals surface area contributed by atoms with E-state index in [-0.39, 0.29) is 6.61 Å². The third-order valence-electron chi connectivity index (χ3n) is 9.16. The van der Waals surface area contributed by atoms with Crippen molar-refractivity contribution in [3.8, 4) is 28.0 Å². The Morgan fingerprint density at radius 2 is 1.32 bits per heavy atom. The predicted molar refractivity (Wildman–Crippen MR) is 224 cm³/mol. The fraction of sp³-hybridized carbons (Fsp3) is 0.143. The van der Waals surface area contributed by atoms with Crippen LogP contribution in [0.5, 0.6) is 5.75 Å². The van der Waals surface area contributed by atoms with Gasteiger partial charge in [-0.2, -0.15) is 9.90 Å². The second-order valence-electron chi connectivity index (χ2n) is 12.8. The molecule has 4 aromatic heterocycles. The highest BCUT2D eigenvalue weighted by atomic mass is 35.5. The quantitative estimate of drug-likeness (QED) is 0.0607. The van der Waals surface area contributed by atoms with E-state index in [2.05, 4.69) is 46.0 Å². The third kappa shape index (κ3) is 8.15. The average Bonchev–Trinajstić information content (AvgIpc) is 3.85. The van der Waals surface area contributed by atoms with Crippen LogP contribution < -0.4 is 26.0 Å². The number of halogens is 2. The maximum atomic E-state index is 9.11. The summed E-state index contributed by atoms with van der Waals surface area (Å²) in [5.74, 6) is 2.03. The second-order valence-corrected chi connectivity index (χ2v) is 13.6. The molecule has 4 aromatic carbocycles. The summed E-state index contributed by atoms with van der Waals surface area (Å²) in [6.45, 7) is 2.61. The molecular weight excluding hydrogens is 747 g/mol. The molecule has 8 aromatic rings.